The van der Waals surface area contributed by atoms with E-state index in [0.717, 1.165) is 32.0 Å². The van der Waals surface area contributed by atoms with Crippen molar-refractivity contribution in [3.8, 4) is 0 Å². The molecule has 0 aromatic rings. The number of hydrogen-bond donors (Lipinski definition) is 0. The van der Waals surface area contributed by atoms with Crippen molar-refractivity contribution < 1.29 is 13.2 Å². The first-order valence-electron chi connectivity index (χ1n) is 5.25. The van der Waals surface area contributed by atoms with Gasteiger partial charge in [-0.1, -0.05) is 12.8 Å². The van der Waals surface area contributed by atoms with Gasteiger partial charge in [-0.25, -0.2) is 8.42 Å². The number of aldehydes is 1. The van der Waals surface area contributed by atoms with Gasteiger partial charge in [0.1, 0.15) is 6.29 Å². The fourth-order valence-corrected chi connectivity index (χ4v) is 4.83. The lowest BCUT2D eigenvalue weighted by Gasteiger charge is -2.28. The van der Waals surface area contributed by atoms with Crippen LogP contribution < -0.4 is 0 Å². The highest BCUT2D eigenvalue weighted by Crippen LogP contribution is 2.46. The number of hydrogen-bond acceptors (Lipinski definition) is 3. The van der Waals surface area contributed by atoms with E-state index in [4.69, 9.17) is 0 Å². The van der Waals surface area contributed by atoms with Crippen LogP contribution in [-0.4, -0.2) is 26.2 Å². The van der Waals surface area contributed by atoms with Crippen LogP contribution >= 0.6 is 0 Å². The molecular weight excluding hydrogens is 200 g/mol. The lowest BCUT2D eigenvalue weighted by molar-refractivity contribution is -0.118. The zero-order valence-electron chi connectivity index (χ0n) is 8.24. The summed E-state index contributed by atoms with van der Waals surface area (Å²) in [6.07, 6.45) is 5.69. The fraction of sp³-hybridized carbons (Fsp3) is 0.900. The van der Waals surface area contributed by atoms with Crippen molar-refractivity contribution in [3.63, 3.8) is 0 Å². The molecule has 1 unspecified atom stereocenters. The van der Waals surface area contributed by atoms with E-state index in [1.165, 1.54) is 0 Å². The molecule has 0 bridgehead atoms. The molecule has 0 amide bonds. The molecule has 1 aliphatic heterocycles. The van der Waals surface area contributed by atoms with Crippen molar-refractivity contribution in [3.05, 3.63) is 0 Å². The minimum atomic E-state index is -2.84. The first kappa shape index (κ1) is 10.1. The molecule has 2 fully saturated rings. The molecule has 3 nitrogen and oxygen atoms in total. The first-order valence-corrected chi connectivity index (χ1v) is 7.07. The van der Waals surface area contributed by atoms with E-state index in [0.29, 0.717) is 6.42 Å². The van der Waals surface area contributed by atoms with Gasteiger partial charge in [0.2, 0.25) is 0 Å². The predicted octanol–water partition coefficient (Wildman–Crippen LogP) is 1.18. The Morgan fingerprint density at radius 3 is 2.29 bits per heavy atom. The summed E-state index contributed by atoms with van der Waals surface area (Å²) in [6.45, 7) is 0. The zero-order chi connectivity index (χ0) is 10.2. The van der Waals surface area contributed by atoms with Crippen molar-refractivity contribution in [1.82, 2.24) is 0 Å². The Bertz CT molecular complexity index is 325. The summed E-state index contributed by atoms with van der Waals surface area (Å²) in [6, 6.07) is 0. The van der Waals surface area contributed by atoms with Crippen LogP contribution in [0.15, 0.2) is 0 Å². The maximum absolute atomic E-state index is 11.3. The third-order valence-electron chi connectivity index (χ3n) is 3.81. The highest BCUT2D eigenvalue weighted by atomic mass is 32.2. The second kappa shape index (κ2) is 3.33. The SMILES string of the molecule is O=CC1(C2CCS(=O)(=O)C2)CCCC1. The Morgan fingerprint density at radius 1 is 1.21 bits per heavy atom. The fourth-order valence-electron chi connectivity index (χ4n) is 2.90. The third kappa shape index (κ3) is 1.60. The maximum atomic E-state index is 11.3. The summed E-state index contributed by atoms with van der Waals surface area (Å²) >= 11 is 0. The summed E-state index contributed by atoms with van der Waals surface area (Å²) < 4.78 is 22.7. The zero-order valence-corrected chi connectivity index (χ0v) is 9.05. The molecule has 1 heterocycles. The second-order valence-corrected chi connectivity index (χ2v) is 6.89. The lowest BCUT2D eigenvalue weighted by Crippen LogP contribution is -2.30. The molecule has 1 saturated carbocycles. The summed E-state index contributed by atoms with van der Waals surface area (Å²) in [5.74, 6) is 0.631. The minimum absolute atomic E-state index is 0.104. The molecule has 0 spiro atoms. The van der Waals surface area contributed by atoms with Gasteiger partial charge in [-0.15, -0.1) is 0 Å². The number of sulfone groups is 1. The van der Waals surface area contributed by atoms with Gasteiger partial charge in [-0.2, -0.15) is 0 Å². The van der Waals surface area contributed by atoms with Gasteiger partial charge in [-0.05, 0) is 25.2 Å². The molecule has 0 aromatic carbocycles. The van der Waals surface area contributed by atoms with E-state index in [2.05, 4.69) is 0 Å². The third-order valence-corrected chi connectivity index (χ3v) is 5.58. The van der Waals surface area contributed by atoms with Crippen LogP contribution in [-0.2, 0) is 14.6 Å². The van der Waals surface area contributed by atoms with Crippen LogP contribution in [0.2, 0.25) is 0 Å². The van der Waals surface area contributed by atoms with Crippen molar-refractivity contribution in [2.75, 3.05) is 11.5 Å². The molecule has 80 valence electrons. The number of carbonyl (C=O) groups is 1. The Kier molecular flexibility index (Phi) is 2.41. The van der Waals surface area contributed by atoms with E-state index in [1.54, 1.807) is 0 Å². The van der Waals surface area contributed by atoms with E-state index < -0.39 is 9.84 Å². The Balaban J connectivity index is 2.18. The van der Waals surface area contributed by atoms with Gasteiger partial charge in [0.15, 0.2) is 9.84 Å². The molecule has 0 aromatic heterocycles. The smallest absolute Gasteiger partial charge is 0.150 e. The largest absolute Gasteiger partial charge is 0.303 e. The molecule has 0 radical (unpaired) electrons. The van der Waals surface area contributed by atoms with Crippen molar-refractivity contribution >= 4 is 16.1 Å². The predicted molar refractivity (Wildman–Crippen MR) is 53.7 cm³/mol. The van der Waals surface area contributed by atoms with E-state index in [-0.39, 0.29) is 22.8 Å². The monoisotopic (exact) mass is 216 g/mol. The van der Waals surface area contributed by atoms with Crippen LogP contribution in [0.1, 0.15) is 32.1 Å². The van der Waals surface area contributed by atoms with Gasteiger partial charge in [0.05, 0.1) is 11.5 Å². The van der Waals surface area contributed by atoms with Gasteiger partial charge in [-0.3, -0.25) is 0 Å². The summed E-state index contributed by atoms with van der Waals surface area (Å²) in [4.78, 5) is 11.1. The first-order chi connectivity index (χ1) is 6.58. The van der Waals surface area contributed by atoms with Crippen molar-refractivity contribution in [2.45, 2.75) is 32.1 Å². The topological polar surface area (TPSA) is 51.2 Å². The van der Waals surface area contributed by atoms with Gasteiger partial charge in [0.25, 0.3) is 0 Å². The van der Waals surface area contributed by atoms with E-state index >= 15 is 0 Å². The van der Waals surface area contributed by atoms with Gasteiger partial charge >= 0.3 is 0 Å². The molecule has 4 heteroatoms. The normalized spacial score (nSPS) is 34.4. The van der Waals surface area contributed by atoms with Crippen molar-refractivity contribution in [2.24, 2.45) is 11.3 Å². The molecule has 14 heavy (non-hydrogen) atoms. The second-order valence-electron chi connectivity index (χ2n) is 4.66. The Labute approximate surface area is 84.8 Å². The summed E-state index contributed by atoms with van der Waals surface area (Å²) in [7, 11) is -2.84. The molecule has 1 atom stereocenters. The lowest BCUT2D eigenvalue weighted by atomic mass is 9.75. The van der Waals surface area contributed by atoms with Crippen LogP contribution in [0.4, 0.5) is 0 Å². The standard InChI is InChI=1S/C10H16O3S/c11-8-10(4-1-2-5-10)9-3-6-14(12,13)7-9/h8-9H,1-7H2. The number of rotatable bonds is 2. The molecule has 1 aliphatic carbocycles. The number of carbonyl (C=O) groups excluding carboxylic acids is 1. The van der Waals surface area contributed by atoms with Gasteiger partial charge in [0, 0.05) is 5.41 Å². The van der Waals surface area contributed by atoms with E-state index in [9.17, 15) is 13.2 Å². The maximum Gasteiger partial charge on any atom is 0.150 e. The molecule has 2 rings (SSSR count). The minimum Gasteiger partial charge on any atom is -0.303 e. The summed E-state index contributed by atoms with van der Waals surface area (Å²) in [5, 5.41) is 0. The summed E-state index contributed by atoms with van der Waals surface area (Å²) in [5.41, 5.74) is -0.288. The molecule has 2 aliphatic rings. The quantitative estimate of drug-likeness (QED) is 0.651. The average molecular weight is 216 g/mol. The highest BCUT2D eigenvalue weighted by molar-refractivity contribution is 7.91. The Morgan fingerprint density at radius 2 is 1.86 bits per heavy atom. The molecular formula is C10H16O3S. The van der Waals surface area contributed by atoms with Crippen LogP contribution in [0.25, 0.3) is 0 Å². The van der Waals surface area contributed by atoms with Crippen LogP contribution in [0, 0.1) is 11.3 Å². The van der Waals surface area contributed by atoms with Crippen LogP contribution in [0.5, 0.6) is 0 Å². The van der Waals surface area contributed by atoms with Crippen LogP contribution in [0.3, 0.4) is 0 Å². The highest BCUT2D eigenvalue weighted by Gasteiger charge is 2.45. The van der Waals surface area contributed by atoms with Gasteiger partial charge < -0.3 is 4.79 Å². The van der Waals surface area contributed by atoms with E-state index in [1.807, 2.05) is 0 Å². The molecule has 1 saturated heterocycles. The molecule has 0 N–H and O–H groups in total. The average Bonchev–Trinajstić information content (AvgIpc) is 2.72. The van der Waals surface area contributed by atoms with Crippen molar-refractivity contribution in [1.29, 1.82) is 0 Å². The Hall–Kier alpha value is -0.380.